The smallest absolute Gasteiger partial charge is 0.227 e. The van der Waals surface area contributed by atoms with Gasteiger partial charge in [0.25, 0.3) is 0 Å². The third kappa shape index (κ3) is 2.63. The van der Waals surface area contributed by atoms with Crippen LogP contribution in [-0.2, 0) is 11.2 Å². The van der Waals surface area contributed by atoms with Crippen LogP contribution in [-0.4, -0.2) is 36.0 Å². The summed E-state index contributed by atoms with van der Waals surface area (Å²) in [7, 11) is 0. The number of rotatable bonds is 2. The highest BCUT2D eigenvalue weighted by Gasteiger charge is 2.37. The molecule has 2 aliphatic heterocycles. The van der Waals surface area contributed by atoms with E-state index < -0.39 is 0 Å². The molecule has 3 rings (SSSR count). The van der Waals surface area contributed by atoms with Gasteiger partial charge in [-0.1, -0.05) is 12.1 Å². The van der Waals surface area contributed by atoms with Gasteiger partial charge in [0.2, 0.25) is 5.91 Å². The summed E-state index contributed by atoms with van der Waals surface area (Å²) < 4.78 is 12.9. The Morgan fingerprint density at radius 2 is 1.95 bits per heavy atom. The summed E-state index contributed by atoms with van der Waals surface area (Å²) in [6.45, 7) is 1.91. The Morgan fingerprint density at radius 3 is 2.74 bits per heavy atom. The van der Waals surface area contributed by atoms with Crippen molar-refractivity contribution in [2.75, 3.05) is 13.1 Å². The second-order valence-electron chi connectivity index (χ2n) is 5.48. The van der Waals surface area contributed by atoms with Gasteiger partial charge in [-0.15, -0.1) is 0 Å². The third-order valence-corrected chi connectivity index (χ3v) is 4.21. The van der Waals surface area contributed by atoms with Crippen LogP contribution in [0.25, 0.3) is 0 Å². The Bertz CT molecular complexity index is 446. The van der Waals surface area contributed by atoms with Gasteiger partial charge in [-0.25, -0.2) is 4.39 Å². The fraction of sp³-hybridized carbons (Fsp3) is 0.533. The number of hydrogen-bond donors (Lipinski definition) is 1. The number of fused-ring (bicyclic) bond motifs is 2. The van der Waals surface area contributed by atoms with E-state index in [1.807, 2.05) is 0 Å². The number of carbonyl (C=O) groups excluding carboxylic acids is 1. The van der Waals surface area contributed by atoms with Gasteiger partial charge < -0.3 is 10.2 Å². The molecule has 19 heavy (non-hydrogen) atoms. The normalized spacial score (nSPS) is 26.3. The summed E-state index contributed by atoms with van der Waals surface area (Å²) in [6, 6.07) is 6.98. The van der Waals surface area contributed by atoms with Crippen molar-refractivity contribution in [2.24, 2.45) is 0 Å². The van der Waals surface area contributed by atoms with Crippen LogP contribution in [0.3, 0.4) is 0 Å². The fourth-order valence-electron chi connectivity index (χ4n) is 3.26. The number of nitrogens with zero attached hydrogens (tertiary/aromatic N) is 1. The first-order valence-electron chi connectivity index (χ1n) is 7.00. The first-order chi connectivity index (χ1) is 9.24. The van der Waals surface area contributed by atoms with Crippen LogP contribution in [0.15, 0.2) is 24.3 Å². The van der Waals surface area contributed by atoms with Crippen molar-refractivity contribution in [3.05, 3.63) is 35.6 Å². The first kappa shape index (κ1) is 12.6. The summed E-state index contributed by atoms with van der Waals surface area (Å²) in [6.07, 6.45) is 3.66. The molecule has 1 amide bonds. The molecule has 0 aromatic heterocycles. The molecule has 1 aromatic rings. The predicted molar refractivity (Wildman–Crippen MR) is 71.2 cm³/mol. The lowest BCUT2D eigenvalue weighted by Gasteiger charge is -2.28. The van der Waals surface area contributed by atoms with Gasteiger partial charge in [0.05, 0.1) is 6.42 Å². The summed E-state index contributed by atoms with van der Waals surface area (Å²) in [5.41, 5.74) is 0.892. The van der Waals surface area contributed by atoms with Gasteiger partial charge in [0, 0.05) is 18.6 Å². The van der Waals surface area contributed by atoms with E-state index >= 15 is 0 Å². The van der Waals surface area contributed by atoms with Crippen molar-refractivity contribution in [1.82, 2.24) is 10.2 Å². The highest BCUT2D eigenvalue weighted by molar-refractivity contribution is 5.79. The molecule has 102 valence electrons. The standard InChI is InChI=1S/C15H19FN2O/c16-12-3-1-11(2-4-12)9-15(19)18-13-5-6-14(18)10-17-8-7-13/h1-4,13-14,17H,5-10H2. The summed E-state index contributed by atoms with van der Waals surface area (Å²) in [4.78, 5) is 14.5. The lowest BCUT2D eigenvalue weighted by atomic mass is 10.1. The number of halogens is 1. The monoisotopic (exact) mass is 262 g/mol. The van der Waals surface area contributed by atoms with Gasteiger partial charge in [-0.2, -0.15) is 0 Å². The largest absolute Gasteiger partial charge is 0.335 e. The number of nitrogens with one attached hydrogen (secondary N) is 1. The van der Waals surface area contributed by atoms with Crippen molar-refractivity contribution < 1.29 is 9.18 Å². The molecule has 2 bridgehead atoms. The van der Waals surface area contributed by atoms with Crippen molar-refractivity contribution >= 4 is 5.91 Å². The molecule has 1 N–H and O–H groups in total. The molecule has 0 aliphatic carbocycles. The van der Waals surface area contributed by atoms with Crippen LogP contribution >= 0.6 is 0 Å². The second kappa shape index (κ2) is 5.29. The summed E-state index contributed by atoms with van der Waals surface area (Å²) in [5.74, 6) is -0.0713. The van der Waals surface area contributed by atoms with E-state index in [9.17, 15) is 9.18 Å². The van der Waals surface area contributed by atoms with E-state index in [0.29, 0.717) is 18.5 Å². The van der Waals surface area contributed by atoms with Crippen LogP contribution in [0, 0.1) is 5.82 Å². The minimum Gasteiger partial charge on any atom is -0.335 e. The van der Waals surface area contributed by atoms with Crippen LogP contribution in [0.2, 0.25) is 0 Å². The number of benzene rings is 1. The van der Waals surface area contributed by atoms with E-state index in [4.69, 9.17) is 0 Å². The van der Waals surface area contributed by atoms with Gasteiger partial charge in [0.1, 0.15) is 5.82 Å². The highest BCUT2D eigenvalue weighted by Crippen LogP contribution is 2.28. The van der Waals surface area contributed by atoms with E-state index in [2.05, 4.69) is 10.2 Å². The molecule has 2 heterocycles. The Labute approximate surface area is 112 Å². The molecule has 2 fully saturated rings. The summed E-state index contributed by atoms with van der Waals surface area (Å²) in [5, 5.41) is 3.39. The molecule has 2 atom stereocenters. The quantitative estimate of drug-likeness (QED) is 0.880. The van der Waals surface area contributed by atoms with Gasteiger partial charge >= 0.3 is 0 Å². The van der Waals surface area contributed by atoms with Crippen LogP contribution in [0.5, 0.6) is 0 Å². The number of amides is 1. The molecule has 0 saturated carbocycles. The van der Waals surface area contributed by atoms with Crippen LogP contribution in [0.1, 0.15) is 24.8 Å². The maximum absolute atomic E-state index is 12.9. The van der Waals surface area contributed by atoms with Crippen LogP contribution in [0.4, 0.5) is 4.39 Å². The number of hydrogen-bond acceptors (Lipinski definition) is 2. The maximum atomic E-state index is 12.9. The Balaban J connectivity index is 1.71. The van der Waals surface area contributed by atoms with E-state index in [-0.39, 0.29) is 11.7 Å². The van der Waals surface area contributed by atoms with Crippen LogP contribution < -0.4 is 5.32 Å². The Morgan fingerprint density at radius 1 is 1.21 bits per heavy atom. The molecule has 0 radical (unpaired) electrons. The lowest BCUT2D eigenvalue weighted by molar-refractivity contribution is -0.133. The zero-order valence-corrected chi connectivity index (χ0v) is 10.9. The van der Waals surface area contributed by atoms with Gasteiger partial charge in [0.15, 0.2) is 0 Å². The summed E-state index contributed by atoms with van der Waals surface area (Å²) >= 11 is 0. The van der Waals surface area contributed by atoms with E-state index in [1.54, 1.807) is 12.1 Å². The Kier molecular flexibility index (Phi) is 3.51. The number of carbonyl (C=O) groups is 1. The van der Waals surface area contributed by atoms with Crippen molar-refractivity contribution in [1.29, 1.82) is 0 Å². The second-order valence-corrected chi connectivity index (χ2v) is 5.48. The average molecular weight is 262 g/mol. The zero-order chi connectivity index (χ0) is 13.2. The Hall–Kier alpha value is -1.42. The zero-order valence-electron chi connectivity index (χ0n) is 10.9. The minimum atomic E-state index is -0.254. The molecule has 4 heteroatoms. The first-order valence-corrected chi connectivity index (χ1v) is 7.00. The van der Waals surface area contributed by atoms with E-state index in [1.165, 1.54) is 12.1 Å². The molecule has 3 nitrogen and oxygen atoms in total. The third-order valence-electron chi connectivity index (χ3n) is 4.21. The molecule has 2 aliphatic rings. The molecule has 2 unspecified atom stereocenters. The predicted octanol–water partition coefficient (Wildman–Crippen LogP) is 1.72. The highest BCUT2D eigenvalue weighted by atomic mass is 19.1. The topological polar surface area (TPSA) is 32.3 Å². The molecule has 2 saturated heterocycles. The molecular formula is C15H19FN2O. The maximum Gasteiger partial charge on any atom is 0.227 e. The minimum absolute atomic E-state index is 0.183. The average Bonchev–Trinajstić information content (AvgIpc) is 2.66. The van der Waals surface area contributed by atoms with Crippen molar-refractivity contribution in [3.8, 4) is 0 Å². The van der Waals surface area contributed by atoms with Gasteiger partial charge in [-0.3, -0.25) is 4.79 Å². The lowest BCUT2D eigenvalue weighted by Crippen LogP contribution is -2.43. The van der Waals surface area contributed by atoms with E-state index in [0.717, 1.165) is 37.9 Å². The SMILES string of the molecule is O=C(Cc1ccc(F)cc1)N1C2CCNCC1CC2. The fourth-order valence-corrected chi connectivity index (χ4v) is 3.26. The molecule has 0 spiro atoms. The van der Waals surface area contributed by atoms with Crippen molar-refractivity contribution in [2.45, 2.75) is 37.8 Å². The molecule has 1 aromatic carbocycles. The van der Waals surface area contributed by atoms with Gasteiger partial charge in [-0.05, 0) is 43.5 Å². The molecular weight excluding hydrogens is 243 g/mol. The van der Waals surface area contributed by atoms with Crippen molar-refractivity contribution in [3.63, 3.8) is 0 Å².